The first-order valence-corrected chi connectivity index (χ1v) is 8.43. The molecule has 3 rings (SSSR count). The maximum absolute atomic E-state index is 12.8. The summed E-state index contributed by atoms with van der Waals surface area (Å²) in [6.07, 6.45) is 1.18. The van der Waals surface area contributed by atoms with Crippen molar-refractivity contribution in [3.63, 3.8) is 0 Å². The quantitative estimate of drug-likeness (QED) is 0.938. The number of carbonyl (C=O) groups is 2. The molecule has 6 heteroatoms. The number of hydrogen-bond acceptors (Lipinski definition) is 4. The van der Waals surface area contributed by atoms with Gasteiger partial charge in [0.15, 0.2) is 0 Å². The Kier molecular flexibility index (Phi) is 3.93. The average molecular weight is 330 g/mol. The first-order valence-electron chi connectivity index (χ1n) is 7.49. The molecule has 120 valence electrons. The molecule has 0 spiro atoms. The van der Waals surface area contributed by atoms with E-state index in [0.717, 1.165) is 11.3 Å². The van der Waals surface area contributed by atoms with E-state index >= 15 is 0 Å². The van der Waals surface area contributed by atoms with Crippen LogP contribution in [-0.4, -0.2) is 39.0 Å². The second-order valence-electron chi connectivity index (χ2n) is 5.98. The van der Waals surface area contributed by atoms with E-state index < -0.39 is 11.5 Å². The number of carbonyl (C=O) groups excluding carboxylic acids is 1. The third-order valence-corrected chi connectivity index (χ3v) is 5.16. The van der Waals surface area contributed by atoms with Crippen LogP contribution in [0.4, 0.5) is 0 Å². The van der Waals surface area contributed by atoms with E-state index in [-0.39, 0.29) is 5.91 Å². The lowest BCUT2D eigenvalue weighted by Gasteiger charge is -2.31. The number of aryl methyl sites for hydroxylation is 1. The molecule has 1 amide bonds. The zero-order valence-electron chi connectivity index (χ0n) is 13.1. The third-order valence-electron chi connectivity index (χ3n) is 4.48. The minimum Gasteiger partial charge on any atom is -0.480 e. The van der Waals surface area contributed by atoms with Crippen LogP contribution in [0.15, 0.2) is 29.0 Å². The Morgan fingerprint density at radius 1 is 1.35 bits per heavy atom. The van der Waals surface area contributed by atoms with Crippen molar-refractivity contribution < 1.29 is 14.7 Å². The zero-order valence-corrected chi connectivity index (χ0v) is 13.9. The van der Waals surface area contributed by atoms with Crippen molar-refractivity contribution in [2.45, 2.75) is 32.2 Å². The molecule has 1 aliphatic heterocycles. The van der Waals surface area contributed by atoms with Gasteiger partial charge < -0.3 is 10.0 Å². The Morgan fingerprint density at radius 3 is 2.74 bits per heavy atom. The molecular formula is C17H18N2O3S. The van der Waals surface area contributed by atoms with Gasteiger partial charge in [-0.15, -0.1) is 0 Å². The molecule has 1 fully saturated rings. The van der Waals surface area contributed by atoms with Gasteiger partial charge in [-0.05, 0) is 50.3 Å². The van der Waals surface area contributed by atoms with Gasteiger partial charge >= 0.3 is 5.97 Å². The van der Waals surface area contributed by atoms with Gasteiger partial charge in [-0.25, -0.2) is 4.79 Å². The molecule has 1 unspecified atom stereocenters. The lowest BCUT2D eigenvalue weighted by atomic mass is 9.98. The topological polar surface area (TPSA) is 70.5 Å². The fourth-order valence-corrected chi connectivity index (χ4v) is 3.66. The number of aliphatic carboxylic acids is 1. The number of carboxylic acid groups (broad SMARTS) is 1. The molecule has 0 radical (unpaired) electrons. The van der Waals surface area contributed by atoms with Crippen LogP contribution in [0.3, 0.4) is 0 Å². The van der Waals surface area contributed by atoms with E-state index in [0.29, 0.717) is 30.6 Å². The molecule has 1 N–H and O–H groups in total. The van der Waals surface area contributed by atoms with E-state index in [1.807, 2.05) is 22.9 Å². The van der Waals surface area contributed by atoms with Crippen LogP contribution in [-0.2, 0) is 4.79 Å². The first-order chi connectivity index (χ1) is 10.9. The van der Waals surface area contributed by atoms with E-state index in [1.165, 1.54) is 4.90 Å². The summed E-state index contributed by atoms with van der Waals surface area (Å²) in [5, 5.41) is 13.5. The fourth-order valence-electron chi connectivity index (χ4n) is 3.01. The summed E-state index contributed by atoms with van der Waals surface area (Å²) < 4.78 is 0. The number of carboxylic acids is 1. The molecule has 0 aliphatic carbocycles. The van der Waals surface area contributed by atoms with Crippen LogP contribution in [0.1, 0.15) is 35.8 Å². The van der Waals surface area contributed by atoms with E-state index in [4.69, 9.17) is 0 Å². The Balaban J connectivity index is 1.93. The Morgan fingerprint density at radius 2 is 2.13 bits per heavy atom. The van der Waals surface area contributed by atoms with Crippen LogP contribution < -0.4 is 0 Å². The average Bonchev–Trinajstić information content (AvgIpc) is 3.16. The molecule has 23 heavy (non-hydrogen) atoms. The molecule has 0 saturated carbocycles. The van der Waals surface area contributed by atoms with Crippen LogP contribution >= 0.6 is 11.3 Å². The molecule has 1 saturated heterocycles. The molecule has 2 aromatic heterocycles. The highest BCUT2D eigenvalue weighted by molar-refractivity contribution is 7.08. The van der Waals surface area contributed by atoms with E-state index in [1.54, 1.807) is 31.3 Å². The zero-order chi connectivity index (χ0) is 16.6. The molecular weight excluding hydrogens is 312 g/mol. The van der Waals surface area contributed by atoms with Crippen LogP contribution in [0.5, 0.6) is 0 Å². The number of thiophene rings is 1. The predicted molar refractivity (Wildman–Crippen MR) is 88.6 cm³/mol. The number of pyridine rings is 1. The van der Waals surface area contributed by atoms with E-state index in [2.05, 4.69) is 4.98 Å². The van der Waals surface area contributed by atoms with E-state index in [9.17, 15) is 14.7 Å². The summed E-state index contributed by atoms with van der Waals surface area (Å²) in [5.74, 6) is -1.21. The highest BCUT2D eigenvalue weighted by atomic mass is 32.1. The van der Waals surface area contributed by atoms with Crippen LogP contribution in [0, 0.1) is 6.92 Å². The highest BCUT2D eigenvalue weighted by Crippen LogP contribution is 2.31. The standard InChI is InChI=1S/C17H18N2O3S/c1-11-13(4-5-14(18-11)12-6-9-23-10-12)15(20)19-8-3-7-17(19,2)16(21)22/h4-6,9-10H,3,7-8H2,1-2H3,(H,21,22). The number of likely N-dealkylation sites (tertiary alicyclic amines) is 1. The lowest BCUT2D eigenvalue weighted by Crippen LogP contribution is -2.50. The summed E-state index contributed by atoms with van der Waals surface area (Å²) >= 11 is 1.59. The van der Waals surface area contributed by atoms with Crippen molar-refractivity contribution in [1.29, 1.82) is 0 Å². The Labute approximate surface area is 138 Å². The summed E-state index contributed by atoms with van der Waals surface area (Å²) in [5.41, 5.74) is 1.81. The van der Waals surface area contributed by atoms with Gasteiger partial charge in [0.2, 0.25) is 0 Å². The summed E-state index contributed by atoms with van der Waals surface area (Å²) in [6.45, 7) is 3.87. The maximum Gasteiger partial charge on any atom is 0.329 e. The summed E-state index contributed by atoms with van der Waals surface area (Å²) in [7, 11) is 0. The maximum atomic E-state index is 12.8. The third kappa shape index (κ3) is 2.63. The van der Waals surface area contributed by atoms with Crippen LogP contribution in [0.25, 0.3) is 11.3 Å². The summed E-state index contributed by atoms with van der Waals surface area (Å²) in [4.78, 5) is 30.3. The van der Waals surface area contributed by atoms with Crippen molar-refractivity contribution >= 4 is 23.2 Å². The van der Waals surface area contributed by atoms with Gasteiger partial charge in [-0.1, -0.05) is 0 Å². The smallest absolute Gasteiger partial charge is 0.329 e. The lowest BCUT2D eigenvalue weighted by molar-refractivity contribution is -0.147. The first kappa shape index (κ1) is 15.7. The van der Waals surface area contributed by atoms with Gasteiger partial charge in [-0.3, -0.25) is 9.78 Å². The molecule has 0 aromatic carbocycles. The second-order valence-corrected chi connectivity index (χ2v) is 6.76. The molecule has 1 aliphatic rings. The predicted octanol–water partition coefficient (Wildman–Crippen LogP) is 3.20. The van der Waals surface area contributed by atoms with Gasteiger partial charge in [0.25, 0.3) is 5.91 Å². The largest absolute Gasteiger partial charge is 0.480 e. The fraction of sp³-hybridized carbons (Fsp3) is 0.353. The van der Waals surface area contributed by atoms with Crippen molar-refractivity contribution in [3.8, 4) is 11.3 Å². The molecule has 3 heterocycles. The van der Waals surface area contributed by atoms with Gasteiger partial charge in [-0.2, -0.15) is 11.3 Å². The minimum absolute atomic E-state index is 0.255. The Hall–Kier alpha value is -2.21. The summed E-state index contributed by atoms with van der Waals surface area (Å²) in [6, 6.07) is 5.55. The van der Waals surface area contributed by atoms with Crippen molar-refractivity contribution in [3.05, 3.63) is 40.2 Å². The van der Waals surface area contributed by atoms with Gasteiger partial charge in [0.1, 0.15) is 5.54 Å². The van der Waals surface area contributed by atoms with Crippen molar-refractivity contribution in [1.82, 2.24) is 9.88 Å². The highest BCUT2D eigenvalue weighted by Gasteiger charge is 2.46. The van der Waals surface area contributed by atoms with Crippen molar-refractivity contribution in [2.75, 3.05) is 6.54 Å². The molecule has 2 aromatic rings. The van der Waals surface area contributed by atoms with Gasteiger partial charge in [0.05, 0.1) is 17.0 Å². The number of nitrogens with zero attached hydrogens (tertiary/aromatic N) is 2. The van der Waals surface area contributed by atoms with Crippen LogP contribution in [0.2, 0.25) is 0 Å². The molecule has 5 nitrogen and oxygen atoms in total. The Bertz CT molecular complexity index is 757. The van der Waals surface area contributed by atoms with Gasteiger partial charge in [0, 0.05) is 17.5 Å². The van der Waals surface area contributed by atoms with Crippen molar-refractivity contribution in [2.24, 2.45) is 0 Å². The molecule has 1 atom stereocenters. The number of amides is 1. The molecule has 0 bridgehead atoms. The number of hydrogen-bond donors (Lipinski definition) is 1. The second kappa shape index (κ2) is 5.77. The number of rotatable bonds is 3. The SMILES string of the molecule is Cc1nc(-c2ccsc2)ccc1C(=O)N1CCCC1(C)C(=O)O. The number of aromatic nitrogens is 1. The normalized spacial score (nSPS) is 20.7. The monoisotopic (exact) mass is 330 g/mol. The minimum atomic E-state index is -1.13.